The number of carbonyl (C=O) groups is 2. The number of ether oxygens (including phenoxy) is 1. The molecule has 3 heterocycles. The quantitative estimate of drug-likeness (QED) is 0.595. The van der Waals surface area contributed by atoms with Crippen molar-refractivity contribution < 1.29 is 14.3 Å². The number of piperidine rings is 1. The second kappa shape index (κ2) is 7.61. The zero-order valence-corrected chi connectivity index (χ0v) is 14.4. The summed E-state index contributed by atoms with van der Waals surface area (Å²) in [6.45, 7) is 1.09. The zero-order chi connectivity index (χ0) is 16.9. The van der Waals surface area contributed by atoms with Gasteiger partial charge in [-0.25, -0.2) is 0 Å². The highest BCUT2D eigenvalue weighted by atomic mass is 32.1. The van der Waals surface area contributed by atoms with Crippen molar-refractivity contribution in [1.82, 2.24) is 14.7 Å². The molecule has 0 spiro atoms. The van der Waals surface area contributed by atoms with Crippen LogP contribution in [-0.4, -0.2) is 40.2 Å². The lowest BCUT2D eigenvalue weighted by Crippen LogP contribution is -2.43. The Kier molecular flexibility index (Phi) is 5.30. The van der Waals surface area contributed by atoms with Gasteiger partial charge < -0.3 is 9.64 Å². The van der Waals surface area contributed by atoms with E-state index in [0.29, 0.717) is 19.4 Å². The molecule has 0 saturated carbocycles. The van der Waals surface area contributed by atoms with Crippen molar-refractivity contribution in [3.05, 3.63) is 40.8 Å². The highest BCUT2D eigenvalue weighted by molar-refractivity contribution is 7.10. The van der Waals surface area contributed by atoms with Gasteiger partial charge in [0.2, 0.25) is 5.91 Å². The second-order valence-electron chi connectivity index (χ2n) is 5.90. The largest absolute Gasteiger partial charge is 0.465 e. The number of amides is 1. The van der Waals surface area contributed by atoms with Gasteiger partial charge in [-0.1, -0.05) is 6.07 Å². The van der Waals surface area contributed by atoms with Crippen LogP contribution >= 0.6 is 11.3 Å². The van der Waals surface area contributed by atoms with Crippen molar-refractivity contribution in [3.63, 3.8) is 0 Å². The van der Waals surface area contributed by atoms with Crippen molar-refractivity contribution >= 4 is 23.2 Å². The SMILES string of the molecule is CN1C(=O)CC[C@@H](C(=O)OCCCn2cccn2)[C@@H]1c1cccs1. The van der Waals surface area contributed by atoms with Crippen molar-refractivity contribution in [2.75, 3.05) is 13.7 Å². The monoisotopic (exact) mass is 347 g/mol. The van der Waals surface area contributed by atoms with Crippen LogP contribution < -0.4 is 0 Å². The summed E-state index contributed by atoms with van der Waals surface area (Å²) in [6.07, 6.45) is 5.27. The molecule has 0 aliphatic carbocycles. The number of carbonyl (C=O) groups excluding carboxylic acids is 2. The summed E-state index contributed by atoms with van der Waals surface area (Å²) < 4.78 is 7.29. The van der Waals surface area contributed by atoms with E-state index in [0.717, 1.165) is 17.8 Å². The van der Waals surface area contributed by atoms with Crippen LogP contribution in [0.25, 0.3) is 0 Å². The highest BCUT2D eigenvalue weighted by Gasteiger charge is 2.40. The van der Waals surface area contributed by atoms with Crippen LogP contribution in [-0.2, 0) is 20.9 Å². The first-order valence-corrected chi connectivity index (χ1v) is 8.98. The van der Waals surface area contributed by atoms with Crippen LogP contribution in [0, 0.1) is 5.92 Å². The zero-order valence-electron chi connectivity index (χ0n) is 13.6. The molecule has 0 radical (unpaired) electrons. The molecule has 7 heteroatoms. The van der Waals surface area contributed by atoms with Crippen LogP contribution in [0.2, 0.25) is 0 Å². The van der Waals surface area contributed by atoms with E-state index in [2.05, 4.69) is 5.10 Å². The van der Waals surface area contributed by atoms with Crippen molar-refractivity contribution in [1.29, 1.82) is 0 Å². The number of aromatic nitrogens is 2. The Morgan fingerprint density at radius 2 is 2.33 bits per heavy atom. The Balaban J connectivity index is 1.58. The number of aryl methyl sites for hydroxylation is 1. The molecule has 1 fully saturated rings. The Hall–Kier alpha value is -2.15. The van der Waals surface area contributed by atoms with E-state index in [1.54, 1.807) is 29.5 Å². The minimum absolute atomic E-state index is 0.0798. The first kappa shape index (κ1) is 16.7. The Morgan fingerprint density at radius 1 is 1.46 bits per heavy atom. The number of hydrogen-bond acceptors (Lipinski definition) is 5. The molecule has 0 unspecified atom stereocenters. The van der Waals surface area contributed by atoms with E-state index in [-0.39, 0.29) is 23.8 Å². The average Bonchev–Trinajstić information content (AvgIpc) is 3.27. The molecule has 1 saturated heterocycles. The molecule has 0 N–H and O–H groups in total. The van der Waals surface area contributed by atoms with Crippen molar-refractivity contribution in [2.45, 2.75) is 31.8 Å². The first-order chi connectivity index (χ1) is 11.7. The molecule has 6 nitrogen and oxygen atoms in total. The lowest BCUT2D eigenvalue weighted by Gasteiger charge is -2.37. The molecule has 3 rings (SSSR count). The molecule has 0 bridgehead atoms. The molecule has 2 aromatic rings. The smallest absolute Gasteiger partial charge is 0.311 e. The van der Waals surface area contributed by atoms with Crippen molar-refractivity contribution in [2.24, 2.45) is 5.92 Å². The predicted octanol–water partition coefficient (Wildman–Crippen LogP) is 2.49. The lowest BCUT2D eigenvalue weighted by atomic mass is 9.88. The van der Waals surface area contributed by atoms with Gasteiger partial charge in [-0.2, -0.15) is 5.10 Å². The summed E-state index contributed by atoms with van der Waals surface area (Å²) in [5.41, 5.74) is 0. The molecular weight excluding hydrogens is 326 g/mol. The van der Waals surface area contributed by atoms with Crippen LogP contribution in [0.3, 0.4) is 0 Å². The average molecular weight is 347 g/mol. The fourth-order valence-electron chi connectivity index (χ4n) is 3.07. The first-order valence-electron chi connectivity index (χ1n) is 8.10. The molecule has 1 amide bonds. The maximum atomic E-state index is 12.5. The molecule has 0 aromatic carbocycles. The molecular formula is C17H21N3O3S. The Bertz CT molecular complexity index is 669. The summed E-state index contributed by atoms with van der Waals surface area (Å²) in [6, 6.07) is 5.57. The molecule has 128 valence electrons. The van der Waals surface area contributed by atoms with E-state index < -0.39 is 0 Å². The minimum atomic E-state index is -0.295. The van der Waals surface area contributed by atoms with Crippen LogP contribution in [0.5, 0.6) is 0 Å². The molecule has 2 aromatic heterocycles. The normalized spacial score (nSPS) is 21.0. The van der Waals surface area contributed by atoms with Gasteiger partial charge in [-0.15, -0.1) is 11.3 Å². The molecule has 24 heavy (non-hydrogen) atoms. The van der Waals surface area contributed by atoms with Gasteiger partial charge >= 0.3 is 5.97 Å². The van der Waals surface area contributed by atoms with E-state index in [1.165, 1.54) is 0 Å². The molecule has 1 aliphatic rings. The maximum Gasteiger partial charge on any atom is 0.311 e. The maximum absolute atomic E-state index is 12.5. The Labute approximate surface area is 145 Å². The fraction of sp³-hybridized carbons (Fsp3) is 0.471. The summed E-state index contributed by atoms with van der Waals surface area (Å²) >= 11 is 1.57. The van der Waals surface area contributed by atoms with Crippen molar-refractivity contribution in [3.8, 4) is 0 Å². The number of thiophene rings is 1. The Morgan fingerprint density at radius 3 is 3.04 bits per heavy atom. The van der Waals surface area contributed by atoms with Gasteiger partial charge in [0.05, 0.1) is 18.6 Å². The van der Waals surface area contributed by atoms with Crippen LogP contribution in [0.4, 0.5) is 0 Å². The third kappa shape index (κ3) is 3.67. The summed E-state index contributed by atoms with van der Waals surface area (Å²) in [7, 11) is 1.77. The second-order valence-corrected chi connectivity index (χ2v) is 6.88. The van der Waals surface area contributed by atoms with E-state index >= 15 is 0 Å². The fourth-order valence-corrected chi connectivity index (χ4v) is 4.01. The van der Waals surface area contributed by atoms with E-state index in [4.69, 9.17) is 4.74 Å². The lowest BCUT2D eigenvalue weighted by molar-refractivity contribution is -0.156. The number of nitrogens with zero attached hydrogens (tertiary/aromatic N) is 3. The summed E-state index contributed by atoms with van der Waals surface area (Å²) in [4.78, 5) is 27.3. The predicted molar refractivity (Wildman–Crippen MR) is 90.4 cm³/mol. The summed E-state index contributed by atoms with van der Waals surface area (Å²) in [5, 5.41) is 6.09. The third-order valence-corrected chi connectivity index (χ3v) is 5.28. The van der Waals surface area contributed by atoms with Gasteiger partial charge in [-0.3, -0.25) is 14.3 Å². The standard InChI is InChI=1S/C17H21N3O3S/c1-19-15(21)7-6-13(16(19)14-5-2-12-24-14)17(22)23-11-4-10-20-9-3-8-18-20/h2-3,5,8-9,12-13,16H,4,6-7,10-11H2,1H3/t13-,16-/m1/s1. The van der Waals surface area contributed by atoms with Gasteiger partial charge in [-0.05, 0) is 23.9 Å². The van der Waals surface area contributed by atoms with Crippen LogP contribution in [0.1, 0.15) is 30.2 Å². The number of esters is 1. The van der Waals surface area contributed by atoms with Gasteiger partial charge in [0.15, 0.2) is 0 Å². The summed E-state index contributed by atoms with van der Waals surface area (Å²) in [5.74, 6) is -0.430. The number of rotatable bonds is 6. The molecule has 2 atom stereocenters. The van der Waals surface area contributed by atoms with E-state index in [9.17, 15) is 9.59 Å². The topological polar surface area (TPSA) is 64.4 Å². The number of likely N-dealkylation sites (tertiary alicyclic amines) is 1. The van der Waals surface area contributed by atoms with E-state index in [1.807, 2.05) is 34.5 Å². The molecule has 1 aliphatic heterocycles. The van der Waals surface area contributed by atoms with Gasteiger partial charge in [0, 0.05) is 43.7 Å². The minimum Gasteiger partial charge on any atom is -0.465 e. The van der Waals surface area contributed by atoms with Gasteiger partial charge in [0.25, 0.3) is 0 Å². The third-order valence-electron chi connectivity index (χ3n) is 4.33. The number of hydrogen-bond donors (Lipinski definition) is 0. The van der Waals surface area contributed by atoms with Crippen LogP contribution in [0.15, 0.2) is 36.0 Å². The highest BCUT2D eigenvalue weighted by Crippen LogP contribution is 2.38. The van der Waals surface area contributed by atoms with Gasteiger partial charge in [0.1, 0.15) is 0 Å².